The Morgan fingerprint density at radius 3 is 2.63 bits per heavy atom. The summed E-state index contributed by atoms with van der Waals surface area (Å²) in [5.74, 6) is 0.847. The molecule has 0 saturated heterocycles. The van der Waals surface area contributed by atoms with E-state index in [0.29, 0.717) is 4.90 Å². The maximum Gasteiger partial charge on any atom is 0.175 e. The zero-order valence-electron chi connectivity index (χ0n) is 11.6. The molecule has 1 N–H and O–H groups in total. The van der Waals surface area contributed by atoms with E-state index in [9.17, 15) is 8.42 Å². The van der Waals surface area contributed by atoms with Crippen LogP contribution in [0.25, 0.3) is 0 Å². The minimum absolute atomic E-state index is 0.384. The molecule has 1 aromatic rings. The molecule has 0 amide bonds. The van der Waals surface area contributed by atoms with Crippen molar-refractivity contribution in [2.24, 2.45) is 5.92 Å². The third-order valence-electron chi connectivity index (χ3n) is 3.87. The number of nitrogens with one attached hydrogen (secondary N) is 1. The van der Waals surface area contributed by atoms with E-state index in [1.54, 1.807) is 18.2 Å². The molecule has 19 heavy (non-hydrogen) atoms. The molecule has 0 aromatic heterocycles. The van der Waals surface area contributed by atoms with E-state index >= 15 is 0 Å². The maximum atomic E-state index is 11.5. The third-order valence-corrected chi connectivity index (χ3v) is 4.98. The molecule has 0 atom stereocenters. The quantitative estimate of drug-likeness (QED) is 0.899. The van der Waals surface area contributed by atoms with E-state index in [4.69, 9.17) is 0 Å². The van der Waals surface area contributed by atoms with Crippen LogP contribution < -0.4 is 5.32 Å². The van der Waals surface area contributed by atoms with Crippen molar-refractivity contribution >= 4 is 15.5 Å². The largest absolute Gasteiger partial charge is 0.385 e. The van der Waals surface area contributed by atoms with Crippen molar-refractivity contribution in [1.82, 2.24) is 0 Å². The van der Waals surface area contributed by atoms with Gasteiger partial charge in [-0.05, 0) is 30.5 Å². The van der Waals surface area contributed by atoms with Crippen molar-refractivity contribution in [3.05, 3.63) is 24.3 Å². The monoisotopic (exact) mass is 281 g/mol. The van der Waals surface area contributed by atoms with Crippen LogP contribution in [-0.4, -0.2) is 21.2 Å². The molecule has 1 aliphatic rings. The Hall–Kier alpha value is -1.03. The van der Waals surface area contributed by atoms with Crippen LogP contribution >= 0.6 is 0 Å². The highest BCUT2D eigenvalue weighted by Crippen LogP contribution is 2.26. The van der Waals surface area contributed by atoms with Gasteiger partial charge in [-0.15, -0.1) is 0 Å². The van der Waals surface area contributed by atoms with Crippen LogP contribution in [0.4, 0.5) is 5.69 Å². The first-order chi connectivity index (χ1) is 9.05. The highest BCUT2D eigenvalue weighted by Gasteiger charge is 2.13. The molecule has 1 saturated carbocycles. The summed E-state index contributed by atoms with van der Waals surface area (Å²) in [4.78, 5) is 0.384. The molecule has 2 rings (SSSR count). The van der Waals surface area contributed by atoms with E-state index in [1.165, 1.54) is 44.8 Å². The van der Waals surface area contributed by atoms with E-state index in [-0.39, 0.29) is 0 Å². The van der Waals surface area contributed by atoms with Crippen molar-refractivity contribution in [1.29, 1.82) is 0 Å². The first-order valence-corrected chi connectivity index (χ1v) is 8.99. The normalized spacial score (nSPS) is 17.3. The van der Waals surface area contributed by atoms with Gasteiger partial charge in [0.15, 0.2) is 9.84 Å². The van der Waals surface area contributed by atoms with Crippen LogP contribution in [0.15, 0.2) is 29.2 Å². The van der Waals surface area contributed by atoms with Crippen molar-refractivity contribution in [3.63, 3.8) is 0 Å². The van der Waals surface area contributed by atoms with Crippen LogP contribution in [0.2, 0.25) is 0 Å². The lowest BCUT2D eigenvalue weighted by atomic mass is 9.87. The van der Waals surface area contributed by atoms with E-state index in [1.807, 2.05) is 6.07 Å². The Morgan fingerprint density at radius 2 is 1.95 bits per heavy atom. The van der Waals surface area contributed by atoms with Gasteiger partial charge in [-0.25, -0.2) is 8.42 Å². The SMILES string of the molecule is CS(=O)(=O)c1cccc(NCCC2CCCCC2)c1. The van der Waals surface area contributed by atoms with Crippen LogP contribution in [-0.2, 0) is 9.84 Å². The van der Waals surface area contributed by atoms with Gasteiger partial charge in [0.1, 0.15) is 0 Å². The van der Waals surface area contributed by atoms with Gasteiger partial charge in [0.2, 0.25) is 0 Å². The molecule has 4 heteroatoms. The zero-order chi connectivity index (χ0) is 13.7. The smallest absolute Gasteiger partial charge is 0.175 e. The predicted octanol–water partition coefficient (Wildman–Crippen LogP) is 3.47. The Balaban J connectivity index is 1.85. The van der Waals surface area contributed by atoms with Gasteiger partial charge in [-0.3, -0.25) is 0 Å². The average molecular weight is 281 g/mol. The molecular formula is C15H23NO2S. The molecule has 0 bridgehead atoms. The summed E-state index contributed by atoms with van der Waals surface area (Å²) in [5.41, 5.74) is 0.902. The molecule has 1 aromatic carbocycles. The summed E-state index contributed by atoms with van der Waals surface area (Å²) in [6, 6.07) is 7.08. The first-order valence-electron chi connectivity index (χ1n) is 7.10. The van der Waals surface area contributed by atoms with Gasteiger partial charge in [-0.1, -0.05) is 38.2 Å². The van der Waals surface area contributed by atoms with E-state index in [2.05, 4.69) is 5.32 Å². The molecule has 3 nitrogen and oxygen atoms in total. The van der Waals surface area contributed by atoms with Crippen LogP contribution in [0, 0.1) is 5.92 Å². The van der Waals surface area contributed by atoms with Crippen LogP contribution in [0.3, 0.4) is 0 Å². The average Bonchev–Trinajstić information content (AvgIpc) is 2.39. The van der Waals surface area contributed by atoms with Crippen molar-refractivity contribution in [2.45, 2.75) is 43.4 Å². The van der Waals surface area contributed by atoms with Gasteiger partial charge in [-0.2, -0.15) is 0 Å². The Labute approximate surface area is 116 Å². The van der Waals surface area contributed by atoms with Gasteiger partial charge in [0.25, 0.3) is 0 Å². The van der Waals surface area contributed by atoms with E-state index < -0.39 is 9.84 Å². The second kappa shape index (κ2) is 6.42. The maximum absolute atomic E-state index is 11.5. The van der Waals surface area contributed by atoms with Gasteiger partial charge >= 0.3 is 0 Å². The summed E-state index contributed by atoms with van der Waals surface area (Å²) >= 11 is 0. The fourth-order valence-corrected chi connectivity index (χ4v) is 3.40. The lowest BCUT2D eigenvalue weighted by Crippen LogP contribution is -2.12. The van der Waals surface area contributed by atoms with Gasteiger partial charge in [0.05, 0.1) is 4.90 Å². The van der Waals surface area contributed by atoms with Crippen LogP contribution in [0.1, 0.15) is 38.5 Å². The predicted molar refractivity (Wildman–Crippen MR) is 79.2 cm³/mol. The van der Waals surface area contributed by atoms with Gasteiger partial charge < -0.3 is 5.32 Å². The summed E-state index contributed by atoms with van der Waals surface area (Å²) in [6.07, 6.45) is 9.26. The highest BCUT2D eigenvalue weighted by molar-refractivity contribution is 7.90. The lowest BCUT2D eigenvalue weighted by molar-refractivity contribution is 0.345. The minimum Gasteiger partial charge on any atom is -0.385 e. The topological polar surface area (TPSA) is 46.2 Å². The van der Waals surface area contributed by atoms with Crippen molar-refractivity contribution in [2.75, 3.05) is 18.1 Å². The second-order valence-electron chi connectivity index (χ2n) is 5.52. The number of sulfone groups is 1. The lowest BCUT2D eigenvalue weighted by Gasteiger charge is -2.21. The fourth-order valence-electron chi connectivity index (χ4n) is 2.73. The zero-order valence-corrected chi connectivity index (χ0v) is 12.4. The molecule has 0 aliphatic heterocycles. The highest BCUT2D eigenvalue weighted by atomic mass is 32.2. The fraction of sp³-hybridized carbons (Fsp3) is 0.600. The summed E-state index contributed by atoms with van der Waals surface area (Å²) in [6.45, 7) is 0.928. The molecule has 0 heterocycles. The Kier molecular flexibility index (Phi) is 4.86. The molecular weight excluding hydrogens is 258 g/mol. The third kappa shape index (κ3) is 4.53. The Bertz CT molecular complexity index is 505. The minimum atomic E-state index is -3.11. The van der Waals surface area contributed by atoms with E-state index in [0.717, 1.165) is 18.2 Å². The first kappa shape index (κ1) is 14.4. The molecule has 0 spiro atoms. The summed E-state index contributed by atoms with van der Waals surface area (Å²) in [5, 5.41) is 3.34. The molecule has 106 valence electrons. The summed E-state index contributed by atoms with van der Waals surface area (Å²) in [7, 11) is -3.11. The number of hydrogen-bond donors (Lipinski definition) is 1. The molecule has 1 aliphatic carbocycles. The molecule has 1 fully saturated rings. The standard InChI is InChI=1S/C15H23NO2S/c1-19(17,18)15-9-5-8-14(12-15)16-11-10-13-6-3-2-4-7-13/h5,8-9,12-13,16H,2-4,6-7,10-11H2,1H3. The number of anilines is 1. The summed E-state index contributed by atoms with van der Waals surface area (Å²) < 4.78 is 23.0. The Morgan fingerprint density at radius 1 is 1.21 bits per heavy atom. The molecule has 0 radical (unpaired) electrons. The number of rotatable bonds is 5. The second-order valence-corrected chi connectivity index (χ2v) is 7.54. The number of hydrogen-bond acceptors (Lipinski definition) is 3. The van der Waals surface area contributed by atoms with Crippen LogP contribution in [0.5, 0.6) is 0 Å². The van der Waals surface area contributed by atoms with Crippen molar-refractivity contribution in [3.8, 4) is 0 Å². The number of benzene rings is 1. The van der Waals surface area contributed by atoms with Crippen molar-refractivity contribution < 1.29 is 8.42 Å². The van der Waals surface area contributed by atoms with Gasteiger partial charge in [0, 0.05) is 18.5 Å². The molecule has 0 unspecified atom stereocenters.